The predicted octanol–water partition coefficient (Wildman–Crippen LogP) is 4.06. The average Bonchev–Trinajstić information content (AvgIpc) is 2.86. The fraction of sp³-hybridized carbons (Fsp3) is 0.240. The van der Waals surface area contributed by atoms with Crippen LogP contribution in [0.3, 0.4) is 0 Å². The molecule has 0 aliphatic heterocycles. The maximum Gasteiger partial charge on any atom is 0.264 e. The Kier molecular flexibility index (Phi) is 8.84. The molecule has 0 aromatic heterocycles. The highest BCUT2D eigenvalue weighted by Gasteiger charge is 2.28. The third-order valence-corrected chi connectivity index (χ3v) is 7.08. The topological polar surface area (TPSA) is 94.2 Å². The highest BCUT2D eigenvalue weighted by molar-refractivity contribution is 7.92. The molecule has 0 unspecified atom stereocenters. The van der Waals surface area contributed by atoms with Gasteiger partial charge in [0.05, 0.1) is 31.3 Å². The number of hydrogen-bond donors (Lipinski definition) is 1. The molecule has 0 radical (unpaired) electrons. The number of methoxy groups -OCH3 is 2. The van der Waals surface area contributed by atoms with E-state index in [2.05, 4.69) is 5.32 Å². The fourth-order valence-electron chi connectivity index (χ4n) is 3.21. The average molecular weight is 519 g/mol. The molecule has 1 N–H and O–H groups in total. The van der Waals surface area contributed by atoms with Gasteiger partial charge in [0, 0.05) is 11.1 Å². The molecule has 3 rings (SSSR count). The molecule has 0 bridgehead atoms. The summed E-state index contributed by atoms with van der Waals surface area (Å²) in [4.78, 5) is 12.7. The summed E-state index contributed by atoms with van der Waals surface area (Å²) in [7, 11) is -1.22. The summed E-state index contributed by atoms with van der Waals surface area (Å²) in [5.74, 6) is 0.795. The molecular weight excluding hydrogens is 492 g/mol. The van der Waals surface area contributed by atoms with Gasteiger partial charge in [-0.2, -0.15) is 0 Å². The second kappa shape index (κ2) is 11.8. The summed E-state index contributed by atoms with van der Waals surface area (Å²) in [6.07, 6.45) is 0. The van der Waals surface area contributed by atoms with Gasteiger partial charge in [0.1, 0.15) is 18.9 Å². The van der Waals surface area contributed by atoms with Gasteiger partial charge in [0.2, 0.25) is 5.91 Å². The number of carbonyl (C=O) groups excluding carboxylic acids is 1. The normalized spacial score (nSPS) is 11.0. The summed E-state index contributed by atoms with van der Waals surface area (Å²) in [6, 6.07) is 18.0. The summed E-state index contributed by atoms with van der Waals surface area (Å²) < 4.78 is 44.2. The maximum atomic E-state index is 13.6. The van der Waals surface area contributed by atoms with Crippen LogP contribution in [-0.2, 0) is 14.8 Å². The highest BCUT2D eigenvalue weighted by atomic mass is 35.5. The second-order valence-corrected chi connectivity index (χ2v) is 9.82. The molecule has 0 atom stereocenters. The van der Waals surface area contributed by atoms with Crippen LogP contribution in [0.25, 0.3) is 0 Å². The summed E-state index contributed by atoms with van der Waals surface area (Å²) in [5, 5.41) is 3.29. The van der Waals surface area contributed by atoms with Crippen molar-refractivity contribution in [1.29, 1.82) is 0 Å². The zero-order chi connectivity index (χ0) is 25.4. The molecule has 0 spiro atoms. The van der Waals surface area contributed by atoms with Crippen molar-refractivity contribution in [2.45, 2.75) is 11.8 Å². The summed E-state index contributed by atoms with van der Waals surface area (Å²) in [6.45, 7) is 1.88. The SMILES string of the molecule is COc1ccc(S(=O)(=O)N(CC(=O)NCCOc2ccc(Cl)cc2)c2ccc(C)cc2)cc1OC. The second-order valence-electron chi connectivity index (χ2n) is 7.52. The Bertz CT molecular complexity index is 1250. The largest absolute Gasteiger partial charge is 0.493 e. The van der Waals surface area contributed by atoms with Gasteiger partial charge < -0.3 is 19.5 Å². The number of benzene rings is 3. The third-order valence-electron chi connectivity index (χ3n) is 5.06. The van der Waals surface area contributed by atoms with Crippen molar-refractivity contribution >= 4 is 33.2 Å². The van der Waals surface area contributed by atoms with Crippen LogP contribution in [0.1, 0.15) is 5.56 Å². The molecule has 186 valence electrons. The Morgan fingerprint density at radius 3 is 2.23 bits per heavy atom. The number of halogens is 1. The number of aryl methyl sites for hydroxylation is 1. The smallest absolute Gasteiger partial charge is 0.264 e. The predicted molar refractivity (Wildman–Crippen MR) is 135 cm³/mol. The molecule has 0 heterocycles. The van der Waals surface area contributed by atoms with Crippen molar-refractivity contribution in [3.8, 4) is 17.2 Å². The summed E-state index contributed by atoms with van der Waals surface area (Å²) >= 11 is 5.86. The van der Waals surface area contributed by atoms with E-state index in [1.807, 2.05) is 6.92 Å². The van der Waals surface area contributed by atoms with Gasteiger partial charge in [-0.3, -0.25) is 9.10 Å². The number of nitrogens with one attached hydrogen (secondary N) is 1. The maximum absolute atomic E-state index is 13.6. The number of ether oxygens (including phenoxy) is 3. The van der Waals surface area contributed by atoms with Crippen LogP contribution < -0.4 is 23.8 Å². The van der Waals surface area contributed by atoms with E-state index in [1.165, 1.54) is 32.4 Å². The van der Waals surface area contributed by atoms with Crippen molar-refractivity contribution < 1.29 is 27.4 Å². The first kappa shape index (κ1) is 26.2. The molecule has 3 aromatic carbocycles. The molecule has 1 amide bonds. The number of anilines is 1. The number of hydrogen-bond acceptors (Lipinski definition) is 6. The minimum Gasteiger partial charge on any atom is -0.493 e. The van der Waals surface area contributed by atoms with Gasteiger partial charge in [0.15, 0.2) is 11.5 Å². The third kappa shape index (κ3) is 6.80. The Hall–Kier alpha value is -3.43. The molecule has 0 aliphatic carbocycles. The van der Waals surface area contributed by atoms with Crippen molar-refractivity contribution in [2.24, 2.45) is 0 Å². The van der Waals surface area contributed by atoms with Crippen LogP contribution in [0.4, 0.5) is 5.69 Å². The lowest BCUT2D eigenvalue weighted by Gasteiger charge is -2.24. The molecule has 0 saturated carbocycles. The van der Waals surface area contributed by atoms with Gasteiger partial charge in [-0.05, 0) is 55.5 Å². The Morgan fingerprint density at radius 1 is 0.943 bits per heavy atom. The van der Waals surface area contributed by atoms with Crippen molar-refractivity contribution in [1.82, 2.24) is 5.32 Å². The van der Waals surface area contributed by atoms with Gasteiger partial charge in [0.25, 0.3) is 10.0 Å². The van der Waals surface area contributed by atoms with Gasteiger partial charge >= 0.3 is 0 Å². The van der Waals surface area contributed by atoms with Crippen LogP contribution >= 0.6 is 11.6 Å². The molecule has 0 fully saturated rings. The number of rotatable bonds is 11. The van der Waals surface area contributed by atoms with Crippen LogP contribution in [0.5, 0.6) is 17.2 Å². The minimum absolute atomic E-state index is 0.0328. The first-order chi connectivity index (χ1) is 16.7. The zero-order valence-electron chi connectivity index (χ0n) is 19.7. The minimum atomic E-state index is -4.10. The van der Waals surface area contributed by atoms with Gasteiger partial charge in [-0.25, -0.2) is 8.42 Å². The van der Waals surface area contributed by atoms with E-state index in [0.29, 0.717) is 22.2 Å². The number of sulfonamides is 1. The van der Waals surface area contributed by atoms with Gasteiger partial charge in [-0.15, -0.1) is 0 Å². The van der Waals surface area contributed by atoms with E-state index >= 15 is 0 Å². The monoisotopic (exact) mass is 518 g/mol. The molecule has 0 aliphatic rings. The Balaban J connectivity index is 1.76. The molecule has 10 heteroatoms. The molecular formula is C25H27ClN2O6S. The lowest BCUT2D eigenvalue weighted by atomic mass is 10.2. The fourth-order valence-corrected chi connectivity index (χ4v) is 4.77. The van der Waals surface area contributed by atoms with Crippen LogP contribution in [0.15, 0.2) is 71.6 Å². The Labute approximate surface area is 210 Å². The standard InChI is InChI=1S/C25H27ClN2O6S/c1-18-4-8-20(9-5-18)28(35(30,31)22-12-13-23(32-2)24(16-22)33-3)17-25(29)27-14-15-34-21-10-6-19(26)7-11-21/h4-13,16H,14-15,17H2,1-3H3,(H,27,29). The van der Waals surface area contributed by atoms with Crippen molar-refractivity contribution in [3.63, 3.8) is 0 Å². The lowest BCUT2D eigenvalue weighted by molar-refractivity contribution is -0.119. The summed E-state index contributed by atoms with van der Waals surface area (Å²) in [5.41, 5.74) is 1.32. The van der Waals surface area contributed by atoms with E-state index < -0.39 is 22.5 Å². The van der Waals surface area contributed by atoms with E-state index in [-0.39, 0.29) is 23.8 Å². The number of amides is 1. The molecule has 35 heavy (non-hydrogen) atoms. The van der Waals surface area contributed by atoms with E-state index in [0.717, 1.165) is 9.87 Å². The molecule has 3 aromatic rings. The zero-order valence-corrected chi connectivity index (χ0v) is 21.2. The molecule has 0 saturated heterocycles. The van der Waals surface area contributed by atoms with Gasteiger partial charge in [-0.1, -0.05) is 29.3 Å². The van der Waals surface area contributed by atoms with Crippen LogP contribution in [0.2, 0.25) is 5.02 Å². The van der Waals surface area contributed by atoms with E-state index in [1.54, 1.807) is 48.5 Å². The van der Waals surface area contributed by atoms with Crippen LogP contribution in [-0.4, -0.2) is 48.2 Å². The highest BCUT2D eigenvalue weighted by Crippen LogP contribution is 2.32. The number of nitrogens with zero attached hydrogens (tertiary/aromatic N) is 1. The molecule has 8 nitrogen and oxygen atoms in total. The van der Waals surface area contributed by atoms with E-state index in [4.69, 9.17) is 25.8 Å². The first-order valence-electron chi connectivity index (χ1n) is 10.7. The van der Waals surface area contributed by atoms with E-state index in [9.17, 15) is 13.2 Å². The number of carbonyl (C=O) groups is 1. The quantitative estimate of drug-likeness (QED) is 0.385. The first-order valence-corrected chi connectivity index (χ1v) is 12.5. The van der Waals surface area contributed by atoms with Crippen molar-refractivity contribution in [2.75, 3.05) is 38.2 Å². The lowest BCUT2D eigenvalue weighted by Crippen LogP contribution is -2.41. The Morgan fingerprint density at radius 2 is 1.60 bits per heavy atom. The van der Waals surface area contributed by atoms with Crippen LogP contribution in [0, 0.1) is 6.92 Å². The van der Waals surface area contributed by atoms with Crippen molar-refractivity contribution in [3.05, 3.63) is 77.3 Å².